The fraction of sp³-hybridized carbons (Fsp3) is 0.618. The average molecular weight is 643 g/mol. The molecule has 3 N–H and O–H groups in total. The number of amides is 1. The molecule has 1 amide bonds. The molecule has 0 bridgehead atoms. The van der Waals surface area contributed by atoms with Gasteiger partial charge in [-0.3, -0.25) is 4.79 Å². The first-order chi connectivity index (χ1) is 20.1. The molecule has 2 aromatic carbocycles. The lowest BCUT2D eigenvalue weighted by Gasteiger charge is -2.39. The highest BCUT2D eigenvalue weighted by molar-refractivity contribution is 7.89. The molecule has 1 saturated carbocycles. The van der Waals surface area contributed by atoms with Gasteiger partial charge in [0.05, 0.1) is 28.3 Å². The molecule has 0 unspecified atom stereocenters. The summed E-state index contributed by atoms with van der Waals surface area (Å²) in [6.07, 6.45) is 4.89. The number of benzene rings is 2. The highest BCUT2D eigenvalue weighted by Crippen LogP contribution is 2.54. The van der Waals surface area contributed by atoms with E-state index in [-0.39, 0.29) is 21.4 Å². The summed E-state index contributed by atoms with van der Waals surface area (Å²) in [6, 6.07) is 12.3. The van der Waals surface area contributed by atoms with Crippen LogP contribution in [0.15, 0.2) is 47.4 Å². The predicted molar refractivity (Wildman–Crippen MR) is 185 cm³/mol. The average Bonchev–Trinajstić information content (AvgIpc) is 3.64. The molecule has 8 nitrogen and oxygen atoms in total. The molecule has 1 aliphatic heterocycles. The predicted octanol–water partition coefficient (Wildman–Crippen LogP) is 7.61. The first kappa shape index (κ1) is 34.5. The van der Waals surface area contributed by atoms with Gasteiger partial charge in [0.1, 0.15) is 0 Å². The SMILES string of the molecule is CC(C)(C)NS(=O)(=O)c1cccc(NC(=O)c2ccc(NC(C)(C)CO[Si](C)(C)C(C)(C)C)cc2N2CCC3(CC2)CC3)c1. The van der Waals surface area contributed by atoms with Gasteiger partial charge in [0.25, 0.3) is 5.91 Å². The number of hydrogen-bond acceptors (Lipinski definition) is 6. The van der Waals surface area contributed by atoms with Crippen LogP contribution in [0.1, 0.15) is 91.4 Å². The van der Waals surface area contributed by atoms with E-state index < -0.39 is 23.9 Å². The topological polar surface area (TPSA) is 99.8 Å². The summed E-state index contributed by atoms with van der Waals surface area (Å²) in [7, 11) is -5.65. The maximum atomic E-state index is 13.8. The van der Waals surface area contributed by atoms with Crippen LogP contribution in [-0.4, -0.2) is 53.4 Å². The minimum Gasteiger partial charge on any atom is -0.414 e. The molecule has 1 spiro atoms. The van der Waals surface area contributed by atoms with Crippen molar-refractivity contribution in [1.29, 1.82) is 0 Å². The van der Waals surface area contributed by atoms with E-state index in [0.29, 0.717) is 23.3 Å². The Morgan fingerprint density at radius 1 is 0.909 bits per heavy atom. The first-order valence-corrected chi connectivity index (χ1v) is 20.3. The van der Waals surface area contributed by atoms with Crippen LogP contribution in [0, 0.1) is 5.41 Å². The van der Waals surface area contributed by atoms with E-state index in [0.717, 1.165) is 37.3 Å². The lowest BCUT2D eigenvalue weighted by molar-refractivity contribution is 0.102. The molecule has 4 rings (SSSR count). The fourth-order valence-corrected chi connectivity index (χ4v) is 7.99. The van der Waals surface area contributed by atoms with Crippen molar-refractivity contribution in [2.24, 2.45) is 5.41 Å². The van der Waals surface area contributed by atoms with Gasteiger partial charge in [0.2, 0.25) is 10.0 Å². The van der Waals surface area contributed by atoms with Crippen molar-refractivity contribution in [3.8, 4) is 0 Å². The van der Waals surface area contributed by atoms with E-state index in [1.807, 2.05) is 12.1 Å². The van der Waals surface area contributed by atoms with Crippen LogP contribution in [-0.2, 0) is 14.4 Å². The van der Waals surface area contributed by atoms with Gasteiger partial charge in [0, 0.05) is 30.0 Å². The van der Waals surface area contributed by atoms with E-state index in [9.17, 15) is 13.2 Å². The van der Waals surface area contributed by atoms with Crippen LogP contribution >= 0.6 is 0 Å². The van der Waals surface area contributed by atoms with Gasteiger partial charge in [-0.05, 0) is 120 Å². The molecule has 0 radical (unpaired) electrons. The van der Waals surface area contributed by atoms with Gasteiger partial charge < -0.3 is 20.0 Å². The summed E-state index contributed by atoms with van der Waals surface area (Å²) in [4.78, 5) is 16.2. The Kier molecular flexibility index (Phi) is 9.46. The van der Waals surface area contributed by atoms with Gasteiger partial charge in [-0.1, -0.05) is 26.8 Å². The number of rotatable bonds is 10. The van der Waals surface area contributed by atoms with Crippen LogP contribution < -0.4 is 20.3 Å². The quantitative estimate of drug-likeness (QED) is 0.231. The molecule has 10 heteroatoms. The highest BCUT2D eigenvalue weighted by atomic mass is 32.2. The lowest BCUT2D eigenvalue weighted by Crippen LogP contribution is -2.46. The number of anilines is 3. The van der Waals surface area contributed by atoms with Crippen molar-refractivity contribution in [2.75, 3.05) is 35.2 Å². The smallest absolute Gasteiger partial charge is 0.257 e. The number of nitrogens with zero attached hydrogens (tertiary/aromatic N) is 1. The van der Waals surface area contributed by atoms with E-state index in [1.54, 1.807) is 32.9 Å². The first-order valence-electron chi connectivity index (χ1n) is 15.9. The largest absolute Gasteiger partial charge is 0.414 e. The minimum atomic E-state index is -3.74. The number of hydrogen-bond donors (Lipinski definition) is 3. The summed E-state index contributed by atoms with van der Waals surface area (Å²) in [6.45, 7) is 23.4. The molecule has 2 aliphatic rings. The molecule has 1 heterocycles. The van der Waals surface area contributed by atoms with Crippen molar-refractivity contribution in [2.45, 2.75) is 115 Å². The van der Waals surface area contributed by atoms with Gasteiger partial charge in [-0.25, -0.2) is 13.1 Å². The lowest BCUT2D eigenvalue weighted by atomic mass is 9.93. The Labute approximate surface area is 266 Å². The van der Waals surface area contributed by atoms with Gasteiger partial charge in [-0.15, -0.1) is 0 Å². The van der Waals surface area contributed by atoms with Crippen LogP contribution in [0.4, 0.5) is 17.1 Å². The number of piperidine rings is 1. The molecule has 244 valence electrons. The zero-order chi connectivity index (χ0) is 32.8. The Bertz CT molecular complexity index is 1460. The molecule has 2 aromatic rings. The van der Waals surface area contributed by atoms with Crippen LogP contribution in [0.2, 0.25) is 18.1 Å². The second kappa shape index (κ2) is 12.1. The van der Waals surface area contributed by atoms with Gasteiger partial charge in [0.15, 0.2) is 8.32 Å². The standard InChI is InChI=1S/C34H54N4O4SSi/c1-31(2,3)37-43(40,41)27-13-11-12-25(22-27)35-30(39)28-15-14-26(23-29(28)38-20-18-34(16-17-34)19-21-38)36-33(7,8)24-42-44(9,10)32(4,5)6/h11-15,22-23,36-37H,16-21,24H2,1-10H3,(H,35,39). The highest BCUT2D eigenvalue weighted by Gasteiger charge is 2.45. The second-order valence-corrected chi connectivity index (χ2v) is 22.6. The number of carbonyl (C=O) groups excluding carboxylic acids is 1. The molecular weight excluding hydrogens is 589 g/mol. The minimum absolute atomic E-state index is 0.109. The Balaban J connectivity index is 1.57. The third kappa shape index (κ3) is 8.65. The van der Waals surface area contributed by atoms with E-state index in [1.165, 1.54) is 25.0 Å². The number of carbonyl (C=O) groups is 1. The Morgan fingerprint density at radius 3 is 2.11 bits per heavy atom. The molecule has 44 heavy (non-hydrogen) atoms. The van der Waals surface area contributed by atoms with Crippen molar-refractivity contribution in [3.05, 3.63) is 48.0 Å². The Hall–Kier alpha value is -2.40. The van der Waals surface area contributed by atoms with E-state index in [2.05, 4.69) is 74.0 Å². The number of nitrogens with one attached hydrogen (secondary N) is 3. The third-order valence-electron chi connectivity index (χ3n) is 9.29. The monoisotopic (exact) mass is 642 g/mol. The summed E-state index contributed by atoms with van der Waals surface area (Å²) in [5.41, 5.74) is 2.39. The van der Waals surface area contributed by atoms with Gasteiger partial charge in [-0.2, -0.15) is 0 Å². The van der Waals surface area contributed by atoms with Crippen molar-refractivity contribution < 1.29 is 17.6 Å². The third-order valence-corrected chi connectivity index (χ3v) is 15.5. The number of sulfonamides is 1. The van der Waals surface area contributed by atoms with Crippen LogP contribution in [0.5, 0.6) is 0 Å². The summed E-state index contributed by atoms with van der Waals surface area (Å²) < 4.78 is 35.1. The summed E-state index contributed by atoms with van der Waals surface area (Å²) in [5.74, 6) is -0.267. The van der Waals surface area contributed by atoms with Crippen LogP contribution in [0.3, 0.4) is 0 Å². The van der Waals surface area contributed by atoms with Crippen LogP contribution in [0.25, 0.3) is 0 Å². The van der Waals surface area contributed by atoms with Crippen molar-refractivity contribution >= 4 is 41.3 Å². The second-order valence-electron chi connectivity index (χ2n) is 16.1. The maximum absolute atomic E-state index is 13.8. The van der Waals surface area contributed by atoms with Crippen molar-refractivity contribution in [1.82, 2.24) is 4.72 Å². The fourth-order valence-electron chi connectivity index (χ4n) is 5.37. The van der Waals surface area contributed by atoms with E-state index in [4.69, 9.17) is 4.43 Å². The molecule has 0 aromatic heterocycles. The summed E-state index contributed by atoms with van der Waals surface area (Å²) >= 11 is 0. The zero-order valence-electron chi connectivity index (χ0n) is 28.5. The Morgan fingerprint density at radius 2 is 1.55 bits per heavy atom. The molecule has 2 fully saturated rings. The molecule has 1 aliphatic carbocycles. The molecule has 0 atom stereocenters. The van der Waals surface area contributed by atoms with Crippen molar-refractivity contribution in [3.63, 3.8) is 0 Å². The van der Waals surface area contributed by atoms with Gasteiger partial charge >= 0.3 is 0 Å². The molecule has 1 saturated heterocycles. The summed E-state index contributed by atoms with van der Waals surface area (Å²) in [5, 5.41) is 6.77. The van der Waals surface area contributed by atoms with E-state index >= 15 is 0 Å². The normalized spacial score (nSPS) is 17.5. The maximum Gasteiger partial charge on any atom is 0.257 e. The zero-order valence-corrected chi connectivity index (χ0v) is 30.3. The molecular formula is C34H54N4O4SSi.